The molecule has 2 aliphatic rings. The van der Waals surface area contributed by atoms with Gasteiger partial charge >= 0.3 is 0 Å². The largest absolute Gasteiger partial charge is 0.327 e. The Hall–Kier alpha value is -2.98. The first-order valence-electron chi connectivity index (χ1n) is 9.54. The summed E-state index contributed by atoms with van der Waals surface area (Å²) in [7, 11) is 0. The van der Waals surface area contributed by atoms with Crippen molar-refractivity contribution in [1.29, 1.82) is 0 Å². The highest BCUT2D eigenvalue weighted by Crippen LogP contribution is 2.24. The van der Waals surface area contributed by atoms with Gasteiger partial charge in [-0.15, -0.1) is 0 Å². The van der Waals surface area contributed by atoms with Crippen LogP contribution in [0.2, 0.25) is 0 Å². The summed E-state index contributed by atoms with van der Waals surface area (Å²) in [5.41, 5.74) is 3.65. The van der Waals surface area contributed by atoms with Crippen molar-refractivity contribution in [2.75, 3.05) is 0 Å². The molecule has 0 saturated carbocycles. The summed E-state index contributed by atoms with van der Waals surface area (Å²) < 4.78 is 0. The molecule has 0 radical (unpaired) electrons. The van der Waals surface area contributed by atoms with Crippen LogP contribution < -0.4 is 0 Å². The van der Waals surface area contributed by atoms with Crippen LogP contribution in [0.4, 0.5) is 0 Å². The molecule has 146 valence electrons. The van der Waals surface area contributed by atoms with E-state index in [0.29, 0.717) is 28.8 Å². The fourth-order valence-electron chi connectivity index (χ4n) is 3.32. The van der Waals surface area contributed by atoms with Gasteiger partial charge in [-0.25, -0.2) is 4.99 Å². The smallest absolute Gasteiger partial charge is 0.279 e. The molecule has 0 spiro atoms. The summed E-state index contributed by atoms with van der Waals surface area (Å²) in [5, 5.41) is 0.636. The van der Waals surface area contributed by atoms with Crippen molar-refractivity contribution in [3.8, 4) is 0 Å². The fraction of sp³-hybridized carbons (Fsp3) is 0.208. The molecule has 0 unspecified atom stereocenters. The second kappa shape index (κ2) is 7.45. The Balaban J connectivity index is 1.74. The highest BCUT2D eigenvalue weighted by molar-refractivity contribution is 6.32. The van der Waals surface area contributed by atoms with Crippen molar-refractivity contribution in [3.05, 3.63) is 94.2 Å². The van der Waals surface area contributed by atoms with Crippen LogP contribution in [0.15, 0.2) is 81.9 Å². The van der Waals surface area contributed by atoms with Gasteiger partial charge in [0.2, 0.25) is 0 Å². The van der Waals surface area contributed by atoms with E-state index in [2.05, 4.69) is 30.8 Å². The third kappa shape index (κ3) is 4.08. The highest BCUT2D eigenvalue weighted by Gasteiger charge is 2.22. The Kier molecular flexibility index (Phi) is 4.97. The van der Waals surface area contributed by atoms with E-state index in [1.54, 1.807) is 6.08 Å². The number of fused-ring (bicyclic) bond motifs is 2. The van der Waals surface area contributed by atoms with E-state index in [0.717, 1.165) is 11.1 Å². The molecule has 1 amide bonds. The number of rotatable bonds is 1. The summed E-state index contributed by atoms with van der Waals surface area (Å²) in [5.74, 6) is 0.820. The maximum Gasteiger partial charge on any atom is 0.279 e. The van der Waals surface area contributed by atoms with Crippen molar-refractivity contribution < 1.29 is 4.79 Å². The summed E-state index contributed by atoms with van der Waals surface area (Å²) in [4.78, 5) is 23.9. The summed E-state index contributed by atoms with van der Waals surface area (Å²) in [6, 6.07) is 15.5. The van der Waals surface area contributed by atoms with Crippen molar-refractivity contribution in [3.63, 3.8) is 0 Å². The topological polar surface area (TPSA) is 45.0 Å². The number of nitrogens with zero attached hydrogens (tertiary/aromatic N) is 3. The normalized spacial score (nSPS) is 17.2. The predicted molar refractivity (Wildman–Crippen MR) is 119 cm³/mol. The lowest BCUT2D eigenvalue weighted by Gasteiger charge is -2.21. The van der Waals surface area contributed by atoms with E-state index < -0.39 is 0 Å². The lowest BCUT2D eigenvalue weighted by Crippen LogP contribution is -2.25. The van der Waals surface area contributed by atoms with Crippen LogP contribution >= 0.6 is 11.6 Å². The van der Waals surface area contributed by atoms with Gasteiger partial charge in [0.05, 0.1) is 5.03 Å². The SMILES string of the molecule is CC(C)(C)c1ccc(C(=O)N=C2N=C3C=CC(Cl)=CN3Cc3ccccc32)cc1. The van der Waals surface area contributed by atoms with Gasteiger partial charge in [0.1, 0.15) is 5.84 Å². The molecule has 4 rings (SSSR count). The maximum atomic E-state index is 12.9. The van der Waals surface area contributed by atoms with Gasteiger partial charge in [-0.05, 0) is 40.8 Å². The van der Waals surface area contributed by atoms with Crippen LogP contribution in [0.1, 0.15) is 47.8 Å². The Bertz CT molecular complexity index is 1090. The number of hydrogen-bond acceptors (Lipinski definition) is 2. The monoisotopic (exact) mass is 403 g/mol. The molecule has 0 N–H and O–H groups in total. The molecule has 0 atom stereocenters. The third-order valence-electron chi connectivity index (χ3n) is 4.99. The first-order valence-corrected chi connectivity index (χ1v) is 9.92. The number of allylic oxidation sites excluding steroid dienone is 2. The lowest BCUT2D eigenvalue weighted by atomic mass is 9.87. The van der Waals surface area contributed by atoms with Gasteiger partial charge in [0, 0.05) is 23.9 Å². The molecule has 0 aliphatic carbocycles. The summed E-state index contributed by atoms with van der Waals surface area (Å²) >= 11 is 6.16. The van der Waals surface area contributed by atoms with E-state index in [1.165, 1.54) is 5.56 Å². The summed E-state index contributed by atoms with van der Waals surface area (Å²) in [6.45, 7) is 7.05. The molecule has 4 nitrogen and oxygen atoms in total. The molecule has 5 heteroatoms. The van der Waals surface area contributed by atoms with Crippen molar-refractivity contribution in [2.45, 2.75) is 32.7 Å². The zero-order valence-electron chi connectivity index (χ0n) is 16.7. The zero-order chi connectivity index (χ0) is 20.6. The zero-order valence-corrected chi connectivity index (χ0v) is 17.4. The third-order valence-corrected chi connectivity index (χ3v) is 5.21. The van der Waals surface area contributed by atoms with E-state index >= 15 is 0 Å². The lowest BCUT2D eigenvalue weighted by molar-refractivity contribution is 0.100. The fourth-order valence-corrected chi connectivity index (χ4v) is 3.50. The molecule has 0 saturated heterocycles. The molecule has 2 aliphatic heterocycles. The number of amides is 1. The standard InChI is InChI=1S/C24H22ClN3O/c1-24(2,3)18-10-8-16(9-11-18)23(29)27-22-20-7-5-4-6-17(20)14-28-15-19(25)12-13-21(28)26-22/h4-13,15H,14H2,1-3H3. The molecule has 0 fully saturated rings. The van der Waals surface area contributed by atoms with Gasteiger partial charge in [-0.1, -0.05) is 68.8 Å². The number of halogens is 1. The van der Waals surface area contributed by atoms with Crippen LogP contribution in [0.25, 0.3) is 0 Å². The first kappa shape index (κ1) is 19.3. The number of aliphatic imine (C=N–C) groups is 2. The summed E-state index contributed by atoms with van der Waals surface area (Å²) in [6.07, 6.45) is 5.47. The molecule has 2 aromatic rings. The Labute approximate surface area is 175 Å². The average molecular weight is 404 g/mol. The van der Waals surface area contributed by atoms with E-state index in [9.17, 15) is 4.79 Å². The van der Waals surface area contributed by atoms with Gasteiger partial charge in [-0.3, -0.25) is 4.79 Å². The molecule has 29 heavy (non-hydrogen) atoms. The van der Waals surface area contributed by atoms with E-state index in [1.807, 2.05) is 65.7 Å². The van der Waals surface area contributed by atoms with Gasteiger partial charge < -0.3 is 4.90 Å². The van der Waals surface area contributed by atoms with Crippen molar-refractivity contribution >= 4 is 29.2 Å². The van der Waals surface area contributed by atoms with Crippen LogP contribution in [0, 0.1) is 0 Å². The average Bonchev–Trinajstić information content (AvgIpc) is 2.83. The van der Waals surface area contributed by atoms with Crippen molar-refractivity contribution in [1.82, 2.24) is 4.90 Å². The highest BCUT2D eigenvalue weighted by atomic mass is 35.5. The number of carbonyl (C=O) groups excluding carboxylic acids is 1. The van der Waals surface area contributed by atoms with Crippen LogP contribution in [-0.2, 0) is 12.0 Å². The van der Waals surface area contributed by atoms with Crippen molar-refractivity contribution in [2.24, 2.45) is 9.98 Å². The van der Waals surface area contributed by atoms with Crippen LogP contribution in [-0.4, -0.2) is 22.5 Å². The Morgan fingerprint density at radius 2 is 1.79 bits per heavy atom. The minimum absolute atomic E-state index is 0.0330. The first-order chi connectivity index (χ1) is 13.8. The van der Waals surface area contributed by atoms with Crippen LogP contribution in [0.3, 0.4) is 0 Å². The van der Waals surface area contributed by atoms with E-state index in [4.69, 9.17) is 11.6 Å². The van der Waals surface area contributed by atoms with Gasteiger partial charge in [0.25, 0.3) is 5.91 Å². The molecule has 0 aromatic heterocycles. The number of benzene rings is 2. The minimum Gasteiger partial charge on any atom is -0.327 e. The van der Waals surface area contributed by atoms with E-state index in [-0.39, 0.29) is 11.3 Å². The second-order valence-electron chi connectivity index (χ2n) is 8.17. The number of amidine groups is 2. The molecular formula is C24H22ClN3O. The second-order valence-corrected chi connectivity index (χ2v) is 8.61. The number of hydrogen-bond donors (Lipinski definition) is 0. The molecule has 0 bridgehead atoms. The molecule has 2 heterocycles. The maximum absolute atomic E-state index is 12.9. The molecular weight excluding hydrogens is 382 g/mol. The van der Waals surface area contributed by atoms with Crippen LogP contribution in [0.5, 0.6) is 0 Å². The Morgan fingerprint density at radius 3 is 2.52 bits per heavy atom. The van der Waals surface area contributed by atoms with Gasteiger partial charge in [-0.2, -0.15) is 4.99 Å². The van der Waals surface area contributed by atoms with Gasteiger partial charge in [0.15, 0.2) is 5.84 Å². The minimum atomic E-state index is -0.304. The Morgan fingerprint density at radius 1 is 1.07 bits per heavy atom. The number of carbonyl (C=O) groups is 1. The molecule has 2 aromatic carbocycles. The predicted octanol–water partition coefficient (Wildman–Crippen LogP) is 5.44. The quantitative estimate of drug-likeness (QED) is 0.636.